The van der Waals surface area contributed by atoms with Crippen molar-refractivity contribution in [2.75, 3.05) is 23.5 Å². The van der Waals surface area contributed by atoms with E-state index in [-0.39, 0.29) is 17.5 Å². The fourth-order valence-electron chi connectivity index (χ4n) is 1.79. The number of aromatic nitrogens is 2. The molecular weight excluding hydrogens is 233 g/mol. The molecule has 1 aliphatic rings. The average molecular weight is 245 g/mol. The third-order valence-electron chi connectivity index (χ3n) is 2.74. The second-order valence-corrected chi connectivity index (χ2v) is 6.10. The van der Waals surface area contributed by atoms with Crippen LogP contribution in [0.3, 0.4) is 0 Å². The molecule has 1 aliphatic heterocycles. The molecule has 1 saturated heterocycles. The minimum Gasteiger partial charge on any atom is -0.355 e. The molecule has 1 atom stereocenters. The first-order chi connectivity index (χ1) is 7.48. The van der Waals surface area contributed by atoms with Crippen molar-refractivity contribution >= 4 is 15.7 Å². The van der Waals surface area contributed by atoms with Crippen molar-refractivity contribution in [1.82, 2.24) is 9.97 Å². The summed E-state index contributed by atoms with van der Waals surface area (Å²) in [5.41, 5.74) is 0. The third-order valence-corrected chi connectivity index (χ3v) is 4.49. The van der Waals surface area contributed by atoms with Crippen LogP contribution in [-0.2, 0) is 9.84 Å². The monoisotopic (exact) mass is 245 g/mol. The maximum absolute atomic E-state index is 12.9. The maximum Gasteiger partial charge on any atom is 0.218 e. The van der Waals surface area contributed by atoms with E-state index < -0.39 is 15.8 Å². The molecule has 0 amide bonds. The van der Waals surface area contributed by atoms with Crippen LogP contribution in [0.4, 0.5) is 10.2 Å². The molecule has 5 nitrogen and oxygen atoms in total. The first kappa shape index (κ1) is 11.3. The molecule has 1 fully saturated rings. The van der Waals surface area contributed by atoms with E-state index in [9.17, 15) is 12.8 Å². The number of rotatable bonds is 2. The SMILES string of the molecule is CN(c1cc(F)ncn1)C1CCS(=O)(=O)C1. The van der Waals surface area contributed by atoms with Gasteiger partial charge >= 0.3 is 0 Å². The van der Waals surface area contributed by atoms with E-state index in [1.54, 1.807) is 11.9 Å². The zero-order chi connectivity index (χ0) is 11.8. The molecular formula is C9H12FN3O2S. The number of halogens is 1. The van der Waals surface area contributed by atoms with E-state index in [2.05, 4.69) is 9.97 Å². The Morgan fingerprint density at radius 1 is 1.50 bits per heavy atom. The Morgan fingerprint density at radius 2 is 2.25 bits per heavy atom. The van der Waals surface area contributed by atoms with E-state index in [1.807, 2.05) is 0 Å². The molecule has 0 bridgehead atoms. The molecule has 0 N–H and O–H groups in total. The highest BCUT2D eigenvalue weighted by Crippen LogP contribution is 2.20. The summed E-state index contributed by atoms with van der Waals surface area (Å²) in [7, 11) is -1.22. The van der Waals surface area contributed by atoms with Crippen molar-refractivity contribution in [1.29, 1.82) is 0 Å². The van der Waals surface area contributed by atoms with Crippen LogP contribution < -0.4 is 4.90 Å². The van der Waals surface area contributed by atoms with Crippen molar-refractivity contribution in [3.63, 3.8) is 0 Å². The summed E-state index contributed by atoms with van der Waals surface area (Å²) >= 11 is 0. The van der Waals surface area contributed by atoms with Gasteiger partial charge in [-0.2, -0.15) is 4.39 Å². The van der Waals surface area contributed by atoms with E-state index >= 15 is 0 Å². The molecule has 0 spiro atoms. The van der Waals surface area contributed by atoms with Crippen LogP contribution in [-0.4, -0.2) is 43.0 Å². The van der Waals surface area contributed by atoms with Gasteiger partial charge in [-0.1, -0.05) is 0 Å². The molecule has 2 heterocycles. The smallest absolute Gasteiger partial charge is 0.218 e. The van der Waals surface area contributed by atoms with E-state index in [1.165, 1.54) is 6.07 Å². The fourth-order valence-corrected chi connectivity index (χ4v) is 3.56. The predicted molar refractivity (Wildman–Crippen MR) is 57.5 cm³/mol. The highest BCUT2D eigenvalue weighted by atomic mass is 32.2. The van der Waals surface area contributed by atoms with Gasteiger partial charge in [-0.3, -0.25) is 0 Å². The third kappa shape index (κ3) is 2.29. The maximum atomic E-state index is 12.9. The minimum atomic E-state index is -2.94. The van der Waals surface area contributed by atoms with Gasteiger partial charge in [0, 0.05) is 19.2 Å². The molecule has 88 valence electrons. The largest absolute Gasteiger partial charge is 0.355 e. The van der Waals surface area contributed by atoms with Crippen LogP contribution in [0.15, 0.2) is 12.4 Å². The summed E-state index contributed by atoms with van der Waals surface area (Å²) in [6.07, 6.45) is 1.69. The Labute approximate surface area is 93.2 Å². The van der Waals surface area contributed by atoms with Crippen LogP contribution in [0.1, 0.15) is 6.42 Å². The summed E-state index contributed by atoms with van der Waals surface area (Å²) in [5, 5.41) is 0. The van der Waals surface area contributed by atoms with Gasteiger partial charge in [0.05, 0.1) is 11.5 Å². The van der Waals surface area contributed by atoms with Crippen LogP contribution in [0.25, 0.3) is 0 Å². The van der Waals surface area contributed by atoms with Crippen molar-refractivity contribution in [2.24, 2.45) is 0 Å². The van der Waals surface area contributed by atoms with Crippen molar-refractivity contribution in [3.05, 3.63) is 18.3 Å². The van der Waals surface area contributed by atoms with Gasteiger partial charge in [-0.15, -0.1) is 0 Å². The van der Waals surface area contributed by atoms with Gasteiger partial charge in [-0.05, 0) is 6.42 Å². The summed E-state index contributed by atoms with van der Waals surface area (Å²) in [5.74, 6) is 0.0948. The van der Waals surface area contributed by atoms with Crippen molar-refractivity contribution in [3.8, 4) is 0 Å². The Kier molecular flexibility index (Phi) is 2.79. The van der Waals surface area contributed by atoms with Crippen molar-refractivity contribution < 1.29 is 12.8 Å². The lowest BCUT2D eigenvalue weighted by molar-refractivity contribution is 0.576. The molecule has 0 radical (unpaired) electrons. The summed E-state index contributed by atoms with van der Waals surface area (Å²) in [6, 6.07) is 1.07. The molecule has 16 heavy (non-hydrogen) atoms. The Balaban J connectivity index is 2.17. The quantitative estimate of drug-likeness (QED) is 0.698. The highest BCUT2D eigenvalue weighted by Gasteiger charge is 2.31. The molecule has 0 saturated carbocycles. The topological polar surface area (TPSA) is 63.2 Å². The summed E-state index contributed by atoms with van der Waals surface area (Å²) in [4.78, 5) is 8.96. The van der Waals surface area contributed by atoms with E-state index in [0.29, 0.717) is 12.2 Å². The molecule has 1 aromatic rings. The lowest BCUT2D eigenvalue weighted by Gasteiger charge is -2.23. The zero-order valence-corrected chi connectivity index (χ0v) is 9.61. The zero-order valence-electron chi connectivity index (χ0n) is 8.80. The highest BCUT2D eigenvalue weighted by molar-refractivity contribution is 7.91. The lowest BCUT2D eigenvalue weighted by Crippen LogP contribution is -2.33. The van der Waals surface area contributed by atoms with Gasteiger partial charge in [0.1, 0.15) is 12.1 Å². The molecule has 1 aromatic heterocycles. The Hall–Kier alpha value is -1.24. The van der Waals surface area contributed by atoms with E-state index in [0.717, 1.165) is 6.33 Å². The normalized spacial score (nSPS) is 23.2. The molecule has 0 aliphatic carbocycles. The first-order valence-electron chi connectivity index (χ1n) is 4.89. The Morgan fingerprint density at radius 3 is 2.81 bits per heavy atom. The van der Waals surface area contributed by atoms with Crippen molar-refractivity contribution in [2.45, 2.75) is 12.5 Å². The Bertz CT molecular complexity index is 491. The number of hydrogen-bond acceptors (Lipinski definition) is 5. The summed E-state index contributed by atoms with van der Waals surface area (Å²) < 4.78 is 35.5. The van der Waals surface area contributed by atoms with Crippen LogP contribution in [0.2, 0.25) is 0 Å². The number of sulfone groups is 1. The molecule has 1 unspecified atom stereocenters. The lowest BCUT2D eigenvalue weighted by atomic mass is 10.2. The second-order valence-electron chi connectivity index (χ2n) is 3.87. The molecule has 0 aromatic carbocycles. The second kappa shape index (κ2) is 3.97. The van der Waals surface area contributed by atoms with Gasteiger partial charge in [0.25, 0.3) is 0 Å². The summed E-state index contributed by atoms with van der Waals surface area (Å²) in [6.45, 7) is 0. The van der Waals surface area contributed by atoms with Gasteiger partial charge < -0.3 is 4.90 Å². The first-order valence-corrected chi connectivity index (χ1v) is 6.71. The van der Waals surface area contributed by atoms with E-state index in [4.69, 9.17) is 0 Å². The van der Waals surface area contributed by atoms with Gasteiger partial charge in [0.15, 0.2) is 9.84 Å². The van der Waals surface area contributed by atoms with Crippen LogP contribution >= 0.6 is 0 Å². The molecule has 2 rings (SSSR count). The van der Waals surface area contributed by atoms with Crippen LogP contribution in [0, 0.1) is 5.95 Å². The minimum absolute atomic E-state index is 0.106. The van der Waals surface area contributed by atoms with Gasteiger partial charge in [-0.25, -0.2) is 18.4 Å². The number of nitrogens with zero attached hydrogens (tertiary/aromatic N) is 3. The number of hydrogen-bond donors (Lipinski definition) is 0. The number of anilines is 1. The predicted octanol–water partition coefficient (Wildman–Crippen LogP) is 0.239. The van der Waals surface area contributed by atoms with Crippen LogP contribution in [0.5, 0.6) is 0 Å². The van der Waals surface area contributed by atoms with Gasteiger partial charge in [0.2, 0.25) is 5.95 Å². The standard InChI is InChI=1S/C9H12FN3O2S/c1-13(7-2-3-16(14,15)5-7)9-4-8(10)11-6-12-9/h4,6-7H,2-3,5H2,1H3. The molecule has 7 heteroatoms. The average Bonchev–Trinajstić information content (AvgIpc) is 2.58. The fraction of sp³-hybridized carbons (Fsp3) is 0.556.